The summed E-state index contributed by atoms with van der Waals surface area (Å²) < 4.78 is 49.4. The van der Waals surface area contributed by atoms with Crippen LogP contribution in [0, 0.1) is 0 Å². The van der Waals surface area contributed by atoms with E-state index in [0.717, 1.165) is 14.0 Å². The summed E-state index contributed by atoms with van der Waals surface area (Å²) in [5, 5.41) is 3.63. The van der Waals surface area contributed by atoms with Crippen LogP contribution in [-0.2, 0) is 14.3 Å². The number of nitrogens with zero attached hydrogens (tertiary/aromatic N) is 5. The third-order valence-corrected chi connectivity index (χ3v) is 6.78. The molecule has 0 bridgehead atoms. The Morgan fingerprint density at radius 3 is 1.69 bits per heavy atom. The summed E-state index contributed by atoms with van der Waals surface area (Å²) in [5.41, 5.74) is -2.47. The van der Waals surface area contributed by atoms with Crippen molar-refractivity contribution < 1.29 is 27.5 Å². The fraction of sp³-hybridized carbons (Fsp3) is 0.643. The van der Waals surface area contributed by atoms with Gasteiger partial charge in [0.1, 0.15) is 5.71 Å². The van der Waals surface area contributed by atoms with Crippen LogP contribution in [0.2, 0.25) is 0 Å². The predicted molar refractivity (Wildman–Crippen MR) is 94.7 cm³/mol. The summed E-state index contributed by atoms with van der Waals surface area (Å²) in [4.78, 5) is 27.2. The molecule has 0 unspecified atom stereocenters. The highest BCUT2D eigenvalue weighted by Gasteiger charge is 2.40. The van der Waals surface area contributed by atoms with Gasteiger partial charge in [-0.25, -0.2) is 4.79 Å². The minimum Gasteiger partial charge on any atom is -0.466 e. The van der Waals surface area contributed by atoms with Crippen molar-refractivity contribution in [2.24, 2.45) is 9.96 Å². The molecule has 0 aliphatic rings. The van der Waals surface area contributed by atoms with E-state index in [1.165, 1.54) is 0 Å². The van der Waals surface area contributed by atoms with E-state index < -0.39 is 36.7 Å². The number of methoxy groups -OCH3 is 1. The monoisotopic (exact) mass is 399 g/mol. The van der Waals surface area contributed by atoms with Gasteiger partial charge in [-0.15, -0.1) is 9.96 Å². The van der Waals surface area contributed by atoms with Crippen LogP contribution >= 0.6 is 7.51 Å². The molecule has 0 saturated carbocycles. The van der Waals surface area contributed by atoms with Crippen LogP contribution in [0.1, 0.15) is 6.92 Å². The van der Waals surface area contributed by atoms with E-state index in [1.54, 1.807) is 56.3 Å². The molecule has 0 spiro atoms. The SMILES string of the molecule is COC(=O)/C=C(/C(=N\N=P(N(C)C)(N(C)C)N(C)C)C(C)=O)C(F)(F)F. The number of hydrogen-bond acceptors (Lipinski definition) is 4. The normalized spacial score (nSPS) is 14.2. The van der Waals surface area contributed by atoms with E-state index in [1.807, 2.05) is 0 Å². The maximum absolute atomic E-state index is 13.3. The molecule has 0 heterocycles. The quantitative estimate of drug-likeness (QED) is 0.215. The lowest BCUT2D eigenvalue weighted by Gasteiger charge is -2.39. The minimum atomic E-state index is -4.98. The van der Waals surface area contributed by atoms with Crippen molar-refractivity contribution in [2.45, 2.75) is 13.1 Å². The highest BCUT2D eigenvalue weighted by Crippen LogP contribution is 2.54. The zero-order chi connectivity index (χ0) is 20.9. The standard InChI is InChI=1S/C14H25F3N5O3P/c1-10(23)13(11(14(15,16)17)9-12(24)25-8)18-19-26(20(2)3,21(4)5)22(6)7/h9H,1-8H3/b11-9-,18-13-. The van der Waals surface area contributed by atoms with Crippen LogP contribution in [0.4, 0.5) is 13.2 Å². The summed E-state index contributed by atoms with van der Waals surface area (Å²) >= 11 is 0. The Kier molecular flexibility index (Phi) is 8.84. The largest absolute Gasteiger partial charge is 0.466 e. The molecule has 12 heteroatoms. The molecule has 0 fully saturated rings. The fourth-order valence-electron chi connectivity index (χ4n) is 2.19. The Labute approximate surface area is 151 Å². The first-order valence-electron chi connectivity index (χ1n) is 7.32. The molecule has 0 N–H and O–H groups in total. The number of hydrogen-bond donors (Lipinski definition) is 0. The molecular formula is C14H25F3N5O3P. The predicted octanol–water partition coefficient (Wildman–Crippen LogP) is 2.22. The van der Waals surface area contributed by atoms with Gasteiger partial charge in [-0.2, -0.15) is 13.2 Å². The van der Waals surface area contributed by atoms with Gasteiger partial charge in [0.2, 0.25) is 0 Å². The van der Waals surface area contributed by atoms with Gasteiger partial charge in [0.25, 0.3) is 0 Å². The molecule has 0 aromatic carbocycles. The highest BCUT2D eigenvalue weighted by molar-refractivity contribution is 7.58. The van der Waals surface area contributed by atoms with E-state index >= 15 is 0 Å². The number of carbonyl (C=O) groups is 2. The molecule has 26 heavy (non-hydrogen) atoms. The maximum atomic E-state index is 13.3. The van der Waals surface area contributed by atoms with Gasteiger partial charge in [-0.05, 0) is 42.3 Å². The van der Waals surface area contributed by atoms with Crippen molar-refractivity contribution in [3.8, 4) is 0 Å². The average molecular weight is 399 g/mol. The van der Waals surface area contributed by atoms with Gasteiger partial charge >= 0.3 is 12.1 Å². The molecule has 0 aromatic rings. The van der Waals surface area contributed by atoms with Crippen molar-refractivity contribution in [3.63, 3.8) is 0 Å². The lowest BCUT2D eigenvalue weighted by Crippen LogP contribution is -2.31. The van der Waals surface area contributed by atoms with Crippen LogP contribution < -0.4 is 0 Å². The number of Topliss-reactive ketones (excluding diaryl/α,β-unsaturated/α-hetero) is 1. The number of ketones is 1. The second kappa shape index (κ2) is 9.40. The molecule has 0 aliphatic carbocycles. The second-order valence-electron chi connectivity index (χ2n) is 5.75. The third kappa shape index (κ3) is 5.73. The van der Waals surface area contributed by atoms with E-state index in [9.17, 15) is 22.8 Å². The molecular weight excluding hydrogens is 374 g/mol. The summed E-state index contributed by atoms with van der Waals surface area (Å²) in [7, 11) is 8.49. The van der Waals surface area contributed by atoms with Gasteiger partial charge in [-0.3, -0.25) is 18.8 Å². The Balaban J connectivity index is 6.76. The first kappa shape index (κ1) is 24.5. The molecule has 0 atom stereocenters. The van der Waals surface area contributed by atoms with Crippen molar-refractivity contribution in [1.82, 2.24) is 14.0 Å². The number of esters is 1. The van der Waals surface area contributed by atoms with Gasteiger partial charge in [0.15, 0.2) is 13.3 Å². The number of halogens is 3. The van der Waals surface area contributed by atoms with Crippen molar-refractivity contribution in [3.05, 3.63) is 11.6 Å². The number of alkyl halides is 3. The van der Waals surface area contributed by atoms with Crippen molar-refractivity contribution >= 4 is 25.0 Å². The topological polar surface area (TPSA) is 77.8 Å². The van der Waals surface area contributed by atoms with E-state index in [-0.39, 0.29) is 6.08 Å². The fourth-order valence-corrected chi connectivity index (χ4v) is 5.03. The number of rotatable bonds is 7. The van der Waals surface area contributed by atoms with Crippen LogP contribution in [0.5, 0.6) is 0 Å². The second-order valence-corrected chi connectivity index (χ2v) is 9.40. The first-order chi connectivity index (χ1) is 11.7. The number of allylic oxidation sites excluding steroid dienone is 1. The van der Waals surface area contributed by atoms with Crippen LogP contribution in [0.25, 0.3) is 0 Å². The maximum Gasteiger partial charge on any atom is 0.418 e. The van der Waals surface area contributed by atoms with E-state index in [2.05, 4.69) is 14.7 Å². The van der Waals surface area contributed by atoms with Gasteiger partial charge in [-0.1, -0.05) is 0 Å². The van der Waals surface area contributed by atoms with E-state index in [4.69, 9.17) is 0 Å². The molecule has 150 valence electrons. The van der Waals surface area contributed by atoms with Gasteiger partial charge < -0.3 is 4.74 Å². The molecule has 0 amide bonds. The third-order valence-electron chi connectivity index (χ3n) is 3.23. The van der Waals surface area contributed by atoms with Crippen molar-refractivity contribution in [2.75, 3.05) is 49.4 Å². The van der Waals surface area contributed by atoms with Gasteiger partial charge in [0, 0.05) is 13.0 Å². The highest BCUT2D eigenvalue weighted by atomic mass is 31.2. The average Bonchev–Trinajstić information content (AvgIpc) is 2.47. The van der Waals surface area contributed by atoms with E-state index in [0.29, 0.717) is 0 Å². The summed E-state index contributed by atoms with van der Waals surface area (Å²) in [5.74, 6) is -2.23. The van der Waals surface area contributed by atoms with Gasteiger partial charge in [0.05, 0.1) is 12.7 Å². The Morgan fingerprint density at radius 2 is 1.42 bits per heavy atom. The Bertz CT molecular complexity index is 626. The molecule has 0 aromatic heterocycles. The Hall–Kier alpha value is -1.55. The lowest BCUT2D eigenvalue weighted by molar-refractivity contribution is -0.135. The van der Waals surface area contributed by atoms with Crippen LogP contribution in [0.15, 0.2) is 21.6 Å². The lowest BCUT2D eigenvalue weighted by atomic mass is 10.1. The van der Waals surface area contributed by atoms with Crippen LogP contribution in [-0.4, -0.2) is 87.0 Å². The van der Waals surface area contributed by atoms with Crippen molar-refractivity contribution in [1.29, 1.82) is 0 Å². The summed E-state index contributed by atoms with van der Waals surface area (Å²) in [6.07, 6.45) is -4.79. The smallest absolute Gasteiger partial charge is 0.418 e. The number of carbonyl (C=O) groups excluding carboxylic acids is 2. The molecule has 0 aliphatic heterocycles. The van der Waals surface area contributed by atoms with Crippen LogP contribution in [0.3, 0.4) is 0 Å². The zero-order valence-corrected chi connectivity index (χ0v) is 17.0. The summed E-state index contributed by atoms with van der Waals surface area (Å²) in [6.45, 7) is 0.923. The molecule has 0 saturated heterocycles. The zero-order valence-electron chi connectivity index (χ0n) is 16.1. The first-order valence-corrected chi connectivity index (χ1v) is 8.92. The number of ether oxygens (including phenoxy) is 1. The minimum absolute atomic E-state index is 0.191. The molecule has 8 nitrogen and oxygen atoms in total. The summed E-state index contributed by atoms with van der Waals surface area (Å²) in [6, 6.07) is 0. The molecule has 0 radical (unpaired) electrons. The Morgan fingerprint density at radius 1 is 1.00 bits per heavy atom. The molecule has 0 rings (SSSR count).